The molecule has 1 atom stereocenters. The van der Waals surface area contributed by atoms with E-state index >= 15 is 0 Å². The Morgan fingerprint density at radius 3 is 3.12 bits per heavy atom. The summed E-state index contributed by atoms with van der Waals surface area (Å²) < 4.78 is 17.4. The van der Waals surface area contributed by atoms with Crippen LogP contribution in [0.25, 0.3) is 0 Å². The summed E-state index contributed by atoms with van der Waals surface area (Å²) in [5.41, 5.74) is 2.73. The maximum absolute atomic E-state index is 12.0. The summed E-state index contributed by atoms with van der Waals surface area (Å²) in [4.78, 5) is 0. The average Bonchev–Trinajstić information content (AvgIpc) is 2.37. The zero-order valence-electron chi connectivity index (χ0n) is 10.3. The number of aryl methyl sites for hydroxylation is 1. The number of halogens is 1. The summed E-state index contributed by atoms with van der Waals surface area (Å²) in [6.45, 7) is 2.84. The van der Waals surface area contributed by atoms with Crippen LogP contribution >= 0.6 is 0 Å². The van der Waals surface area contributed by atoms with E-state index in [9.17, 15) is 4.39 Å². The van der Waals surface area contributed by atoms with Gasteiger partial charge in [-0.05, 0) is 49.1 Å². The smallest absolute Gasteiger partial charge is 0.123 e. The van der Waals surface area contributed by atoms with Gasteiger partial charge < -0.3 is 10.1 Å². The number of ether oxygens (including phenoxy) is 1. The minimum absolute atomic E-state index is 0.148. The van der Waals surface area contributed by atoms with Crippen molar-refractivity contribution >= 4 is 0 Å². The lowest BCUT2D eigenvalue weighted by Crippen LogP contribution is -2.24. The van der Waals surface area contributed by atoms with Gasteiger partial charge in [-0.25, -0.2) is 4.39 Å². The van der Waals surface area contributed by atoms with Gasteiger partial charge in [-0.1, -0.05) is 13.0 Å². The summed E-state index contributed by atoms with van der Waals surface area (Å²) in [6, 6.07) is 6.60. The van der Waals surface area contributed by atoms with Gasteiger partial charge in [0.15, 0.2) is 0 Å². The largest absolute Gasteiger partial charge is 0.491 e. The second kappa shape index (κ2) is 6.01. The number of fused-ring (bicyclic) bond motifs is 1. The molecule has 0 saturated heterocycles. The summed E-state index contributed by atoms with van der Waals surface area (Å²) in [5, 5.41) is 3.50. The minimum atomic E-state index is -0.433. The maximum atomic E-state index is 12.0. The van der Waals surface area contributed by atoms with Crippen LogP contribution in [-0.2, 0) is 6.42 Å². The molecule has 1 unspecified atom stereocenters. The van der Waals surface area contributed by atoms with E-state index in [1.165, 1.54) is 24.0 Å². The number of nitrogens with one attached hydrogen (secondary N) is 1. The molecule has 1 aliphatic rings. The molecule has 0 saturated carbocycles. The van der Waals surface area contributed by atoms with Crippen LogP contribution in [0.15, 0.2) is 18.2 Å². The van der Waals surface area contributed by atoms with Crippen molar-refractivity contribution in [2.75, 3.05) is 19.8 Å². The van der Waals surface area contributed by atoms with E-state index in [1.54, 1.807) is 0 Å². The fraction of sp³-hybridized carbons (Fsp3) is 0.571. The first-order chi connectivity index (χ1) is 8.35. The number of benzene rings is 1. The van der Waals surface area contributed by atoms with Crippen LogP contribution in [0.2, 0.25) is 0 Å². The van der Waals surface area contributed by atoms with Gasteiger partial charge in [0.25, 0.3) is 0 Å². The third-order valence-electron chi connectivity index (χ3n) is 3.23. The van der Waals surface area contributed by atoms with E-state index in [-0.39, 0.29) is 6.61 Å². The van der Waals surface area contributed by atoms with Crippen molar-refractivity contribution in [2.45, 2.75) is 32.2 Å². The van der Waals surface area contributed by atoms with Gasteiger partial charge >= 0.3 is 0 Å². The molecule has 0 heterocycles. The van der Waals surface area contributed by atoms with Crippen LogP contribution in [0.5, 0.6) is 5.75 Å². The predicted molar refractivity (Wildman–Crippen MR) is 67.3 cm³/mol. The van der Waals surface area contributed by atoms with E-state index in [0.717, 1.165) is 18.7 Å². The van der Waals surface area contributed by atoms with E-state index < -0.39 is 6.67 Å². The zero-order valence-corrected chi connectivity index (χ0v) is 10.3. The van der Waals surface area contributed by atoms with E-state index in [0.29, 0.717) is 6.04 Å². The van der Waals surface area contributed by atoms with Gasteiger partial charge in [0, 0.05) is 6.04 Å². The van der Waals surface area contributed by atoms with Crippen molar-refractivity contribution in [3.63, 3.8) is 0 Å². The number of hydrogen-bond donors (Lipinski definition) is 1. The van der Waals surface area contributed by atoms with Crippen molar-refractivity contribution in [3.05, 3.63) is 29.3 Å². The fourth-order valence-electron chi connectivity index (χ4n) is 2.50. The lowest BCUT2D eigenvalue weighted by molar-refractivity contribution is 0.272. The second-order valence-electron chi connectivity index (χ2n) is 4.40. The SMILES string of the molecule is CCNC1CCCc2cc(OCCF)ccc21. The first kappa shape index (κ1) is 12.4. The van der Waals surface area contributed by atoms with Crippen LogP contribution in [0.3, 0.4) is 0 Å². The number of hydrogen-bond acceptors (Lipinski definition) is 2. The van der Waals surface area contributed by atoms with Crippen molar-refractivity contribution < 1.29 is 9.13 Å². The molecule has 2 rings (SSSR count). The molecule has 0 fully saturated rings. The van der Waals surface area contributed by atoms with E-state index in [4.69, 9.17) is 4.74 Å². The van der Waals surface area contributed by atoms with Crippen LogP contribution in [0.1, 0.15) is 36.9 Å². The average molecular weight is 237 g/mol. The minimum Gasteiger partial charge on any atom is -0.491 e. The molecule has 2 nitrogen and oxygen atoms in total. The Kier molecular flexibility index (Phi) is 4.37. The standard InChI is InChI=1S/C14H20FNO/c1-2-16-14-5-3-4-11-10-12(17-9-8-15)6-7-13(11)14/h6-7,10,14,16H,2-5,8-9H2,1H3. The van der Waals surface area contributed by atoms with E-state index in [2.05, 4.69) is 24.4 Å². The Labute approximate surface area is 102 Å². The predicted octanol–water partition coefficient (Wildman–Crippen LogP) is 3.02. The highest BCUT2D eigenvalue weighted by atomic mass is 19.1. The molecule has 1 aromatic carbocycles. The molecule has 0 aromatic heterocycles. The topological polar surface area (TPSA) is 21.3 Å². The summed E-state index contributed by atoms with van der Waals surface area (Å²) in [5.74, 6) is 0.790. The molecular weight excluding hydrogens is 217 g/mol. The first-order valence-electron chi connectivity index (χ1n) is 6.40. The third-order valence-corrected chi connectivity index (χ3v) is 3.23. The molecular formula is C14H20FNO. The molecule has 1 aromatic rings. The van der Waals surface area contributed by atoms with Gasteiger partial charge in [-0.3, -0.25) is 0 Å². The molecule has 1 aliphatic carbocycles. The normalized spacial score (nSPS) is 18.8. The fourth-order valence-corrected chi connectivity index (χ4v) is 2.50. The Morgan fingerprint density at radius 1 is 1.47 bits per heavy atom. The molecule has 0 bridgehead atoms. The molecule has 17 heavy (non-hydrogen) atoms. The number of alkyl halides is 1. The van der Waals surface area contributed by atoms with Crippen LogP contribution in [0, 0.1) is 0 Å². The molecule has 0 aliphatic heterocycles. The van der Waals surface area contributed by atoms with Gasteiger partial charge in [-0.15, -0.1) is 0 Å². The highest BCUT2D eigenvalue weighted by Gasteiger charge is 2.19. The highest BCUT2D eigenvalue weighted by Crippen LogP contribution is 2.32. The van der Waals surface area contributed by atoms with Crippen molar-refractivity contribution in [1.29, 1.82) is 0 Å². The third kappa shape index (κ3) is 2.97. The van der Waals surface area contributed by atoms with Gasteiger partial charge in [-0.2, -0.15) is 0 Å². The maximum Gasteiger partial charge on any atom is 0.123 e. The lowest BCUT2D eigenvalue weighted by Gasteiger charge is -2.26. The second-order valence-corrected chi connectivity index (χ2v) is 4.40. The first-order valence-corrected chi connectivity index (χ1v) is 6.40. The van der Waals surface area contributed by atoms with Gasteiger partial charge in [0.05, 0.1) is 0 Å². The van der Waals surface area contributed by atoms with E-state index in [1.807, 2.05) is 6.07 Å². The molecule has 0 radical (unpaired) electrons. The molecule has 1 N–H and O–H groups in total. The Morgan fingerprint density at radius 2 is 2.35 bits per heavy atom. The molecule has 0 amide bonds. The van der Waals surface area contributed by atoms with Crippen LogP contribution in [-0.4, -0.2) is 19.8 Å². The Hall–Kier alpha value is -1.09. The molecule has 3 heteroatoms. The Balaban J connectivity index is 2.14. The van der Waals surface area contributed by atoms with Gasteiger partial charge in [0.2, 0.25) is 0 Å². The lowest BCUT2D eigenvalue weighted by atomic mass is 9.87. The highest BCUT2D eigenvalue weighted by molar-refractivity contribution is 5.39. The van der Waals surface area contributed by atoms with Crippen LogP contribution < -0.4 is 10.1 Å². The summed E-state index contributed by atoms with van der Waals surface area (Å²) in [7, 11) is 0. The van der Waals surface area contributed by atoms with Crippen molar-refractivity contribution in [1.82, 2.24) is 5.32 Å². The Bertz CT molecular complexity index is 367. The number of rotatable bonds is 5. The van der Waals surface area contributed by atoms with Crippen LogP contribution in [0.4, 0.5) is 4.39 Å². The van der Waals surface area contributed by atoms with Gasteiger partial charge in [0.1, 0.15) is 19.0 Å². The molecule has 94 valence electrons. The van der Waals surface area contributed by atoms with Crippen molar-refractivity contribution in [2.24, 2.45) is 0 Å². The molecule has 0 spiro atoms. The summed E-state index contributed by atoms with van der Waals surface area (Å²) in [6.07, 6.45) is 3.51. The monoisotopic (exact) mass is 237 g/mol. The summed E-state index contributed by atoms with van der Waals surface area (Å²) >= 11 is 0. The van der Waals surface area contributed by atoms with Crippen molar-refractivity contribution in [3.8, 4) is 5.75 Å². The zero-order chi connectivity index (χ0) is 12.1. The quantitative estimate of drug-likeness (QED) is 0.850.